The van der Waals surface area contributed by atoms with E-state index in [1.54, 1.807) is 0 Å². The van der Waals surface area contributed by atoms with Crippen LogP contribution in [0.5, 0.6) is 0 Å². The summed E-state index contributed by atoms with van der Waals surface area (Å²) in [6.07, 6.45) is 5.95. The Morgan fingerprint density at radius 1 is 1.06 bits per heavy atom. The molecule has 3 heteroatoms. The van der Waals surface area contributed by atoms with Crippen molar-refractivity contribution < 1.29 is 14.6 Å². The Kier molecular flexibility index (Phi) is 3.81. The van der Waals surface area contributed by atoms with Crippen LogP contribution in [-0.4, -0.2) is 30.2 Å². The van der Waals surface area contributed by atoms with Crippen LogP contribution in [0.3, 0.4) is 0 Å². The van der Waals surface area contributed by atoms with E-state index in [1.807, 2.05) is 20.8 Å². The summed E-state index contributed by atoms with van der Waals surface area (Å²) in [6.45, 7) is 7.03. The SMILES string of the molecule is CC(O)C1(C2CCCCC2)COC(C)(C)OC1. The van der Waals surface area contributed by atoms with Crippen molar-refractivity contribution in [2.45, 2.75) is 64.8 Å². The molecule has 0 bridgehead atoms. The van der Waals surface area contributed by atoms with E-state index in [1.165, 1.54) is 32.1 Å². The molecule has 2 rings (SSSR count). The molecule has 0 aromatic rings. The summed E-state index contributed by atoms with van der Waals surface area (Å²) >= 11 is 0. The first-order chi connectivity index (χ1) is 7.96. The second-order valence-corrected chi connectivity index (χ2v) is 6.22. The second kappa shape index (κ2) is 4.87. The van der Waals surface area contributed by atoms with Gasteiger partial charge >= 0.3 is 0 Å². The van der Waals surface area contributed by atoms with Crippen molar-refractivity contribution in [3.63, 3.8) is 0 Å². The zero-order chi connectivity index (χ0) is 12.5. The molecule has 2 fully saturated rings. The van der Waals surface area contributed by atoms with E-state index in [9.17, 15) is 5.11 Å². The average molecular weight is 242 g/mol. The highest BCUT2D eigenvalue weighted by molar-refractivity contribution is 4.94. The molecule has 1 saturated heterocycles. The Labute approximate surface area is 104 Å². The molecule has 0 radical (unpaired) electrons. The number of ether oxygens (including phenoxy) is 2. The summed E-state index contributed by atoms with van der Waals surface area (Å²) in [7, 11) is 0. The smallest absolute Gasteiger partial charge is 0.162 e. The Bertz CT molecular complexity index is 244. The largest absolute Gasteiger partial charge is 0.393 e. The van der Waals surface area contributed by atoms with Gasteiger partial charge in [0.25, 0.3) is 0 Å². The highest BCUT2D eigenvalue weighted by Crippen LogP contribution is 2.45. The van der Waals surface area contributed by atoms with Gasteiger partial charge in [-0.25, -0.2) is 0 Å². The number of hydrogen-bond donors (Lipinski definition) is 1. The van der Waals surface area contributed by atoms with E-state index in [0.29, 0.717) is 19.1 Å². The maximum Gasteiger partial charge on any atom is 0.162 e. The molecule has 1 aliphatic heterocycles. The van der Waals surface area contributed by atoms with Crippen molar-refractivity contribution in [1.82, 2.24) is 0 Å². The highest BCUT2D eigenvalue weighted by Gasteiger charge is 2.48. The lowest BCUT2D eigenvalue weighted by Gasteiger charge is -2.50. The van der Waals surface area contributed by atoms with Gasteiger partial charge in [0.15, 0.2) is 5.79 Å². The molecule has 1 unspecified atom stereocenters. The fourth-order valence-corrected chi connectivity index (χ4v) is 3.20. The van der Waals surface area contributed by atoms with Crippen molar-refractivity contribution in [2.75, 3.05) is 13.2 Å². The van der Waals surface area contributed by atoms with Crippen LogP contribution in [0.1, 0.15) is 52.9 Å². The summed E-state index contributed by atoms with van der Waals surface area (Å²) in [6, 6.07) is 0. The van der Waals surface area contributed by atoms with Gasteiger partial charge < -0.3 is 14.6 Å². The quantitative estimate of drug-likeness (QED) is 0.809. The Morgan fingerprint density at radius 3 is 2.06 bits per heavy atom. The van der Waals surface area contributed by atoms with Crippen molar-refractivity contribution in [3.05, 3.63) is 0 Å². The minimum atomic E-state index is -0.493. The molecule has 0 aromatic heterocycles. The van der Waals surface area contributed by atoms with Crippen molar-refractivity contribution in [1.29, 1.82) is 0 Å². The van der Waals surface area contributed by atoms with E-state index in [-0.39, 0.29) is 11.5 Å². The third-order valence-corrected chi connectivity index (χ3v) is 4.63. The van der Waals surface area contributed by atoms with Crippen molar-refractivity contribution >= 4 is 0 Å². The van der Waals surface area contributed by atoms with E-state index in [2.05, 4.69) is 0 Å². The number of aliphatic hydroxyl groups excluding tert-OH is 1. The molecule has 1 saturated carbocycles. The van der Waals surface area contributed by atoms with Crippen LogP contribution in [0.4, 0.5) is 0 Å². The Morgan fingerprint density at radius 2 is 1.59 bits per heavy atom. The Balaban J connectivity index is 2.10. The molecule has 1 N–H and O–H groups in total. The van der Waals surface area contributed by atoms with Gasteiger partial charge in [-0.1, -0.05) is 19.3 Å². The van der Waals surface area contributed by atoms with Gasteiger partial charge in [0.2, 0.25) is 0 Å². The molecule has 0 aromatic carbocycles. The van der Waals surface area contributed by atoms with Crippen LogP contribution in [0.25, 0.3) is 0 Å². The van der Waals surface area contributed by atoms with Gasteiger partial charge in [0.05, 0.1) is 19.3 Å². The van der Waals surface area contributed by atoms with Crippen molar-refractivity contribution in [3.8, 4) is 0 Å². The van der Waals surface area contributed by atoms with Gasteiger partial charge in [0, 0.05) is 5.41 Å². The molecule has 0 spiro atoms. The van der Waals surface area contributed by atoms with Crippen LogP contribution in [0.15, 0.2) is 0 Å². The summed E-state index contributed by atoms with van der Waals surface area (Å²) in [5, 5.41) is 10.2. The first kappa shape index (κ1) is 13.3. The monoisotopic (exact) mass is 242 g/mol. The van der Waals surface area contributed by atoms with Crippen LogP contribution in [-0.2, 0) is 9.47 Å². The molecule has 100 valence electrons. The van der Waals surface area contributed by atoms with Crippen LogP contribution >= 0.6 is 0 Å². The van der Waals surface area contributed by atoms with Gasteiger partial charge in [0.1, 0.15) is 0 Å². The Hall–Kier alpha value is -0.120. The van der Waals surface area contributed by atoms with E-state index in [0.717, 1.165) is 0 Å². The minimum Gasteiger partial charge on any atom is -0.393 e. The van der Waals surface area contributed by atoms with Crippen LogP contribution < -0.4 is 0 Å². The predicted molar refractivity (Wildman–Crippen MR) is 66.7 cm³/mol. The van der Waals surface area contributed by atoms with Gasteiger partial charge in [-0.3, -0.25) is 0 Å². The van der Waals surface area contributed by atoms with Gasteiger partial charge in [-0.05, 0) is 39.5 Å². The van der Waals surface area contributed by atoms with Gasteiger partial charge in [-0.15, -0.1) is 0 Å². The standard InChI is InChI=1S/C14H26O3/c1-11(15)14(12-7-5-4-6-8-12)9-16-13(2,3)17-10-14/h11-12,15H,4-10H2,1-3H3. The van der Waals surface area contributed by atoms with Crippen LogP contribution in [0.2, 0.25) is 0 Å². The lowest BCUT2D eigenvalue weighted by atomic mass is 9.66. The highest BCUT2D eigenvalue weighted by atomic mass is 16.7. The number of hydrogen-bond acceptors (Lipinski definition) is 3. The maximum absolute atomic E-state index is 10.2. The molecule has 0 amide bonds. The summed E-state index contributed by atoms with van der Waals surface area (Å²) in [5.74, 6) is 0.0555. The fraction of sp³-hybridized carbons (Fsp3) is 1.00. The fourth-order valence-electron chi connectivity index (χ4n) is 3.20. The molecular formula is C14H26O3. The minimum absolute atomic E-state index is 0.185. The first-order valence-corrected chi connectivity index (χ1v) is 6.92. The first-order valence-electron chi connectivity index (χ1n) is 6.92. The second-order valence-electron chi connectivity index (χ2n) is 6.22. The number of aliphatic hydroxyl groups is 1. The molecule has 1 heterocycles. The normalized spacial score (nSPS) is 31.1. The summed E-state index contributed by atoms with van der Waals surface area (Å²) in [4.78, 5) is 0. The lowest BCUT2D eigenvalue weighted by Crippen LogP contribution is -2.55. The molecule has 1 aliphatic carbocycles. The summed E-state index contributed by atoms with van der Waals surface area (Å²) in [5.41, 5.74) is -0.185. The third kappa shape index (κ3) is 2.67. The van der Waals surface area contributed by atoms with E-state index in [4.69, 9.17) is 9.47 Å². The third-order valence-electron chi connectivity index (χ3n) is 4.63. The molecule has 3 nitrogen and oxygen atoms in total. The number of rotatable bonds is 2. The average Bonchev–Trinajstić information content (AvgIpc) is 2.30. The predicted octanol–water partition coefficient (Wildman–Crippen LogP) is 2.72. The zero-order valence-electron chi connectivity index (χ0n) is 11.4. The lowest BCUT2D eigenvalue weighted by molar-refractivity contribution is -0.309. The molecule has 1 atom stereocenters. The molecule has 2 aliphatic rings. The zero-order valence-corrected chi connectivity index (χ0v) is 11.4. The molecular weight excluding hydrogens is 216 g/mol. The van der Waals surface area contributed by atoms with Gasteiger partial charge in [-0.2, -0.15) is 0 Å². The van der Waals surface area contributed by atoms with E-state index < -0.39 is 5.79 Å². The summed E-state index contributed by atoms with van der Waals surface area (Å²) < 4.78 is 11.6. The topological polar surface area (TPSA) is 38.7 Å². The van der Waals surface area contributed by atoms with Crippen molar-refractivity contribution in [2.24, 2.45) is 11.3 Å². The maximum atomic E-state index is 10.2. The van der Waals surface area contributed by atoms with Crippen LogP contribution in [0, 0.1) is 11.3 Å². The van der Waals surface area contributed by atoms with E-state index >= 15 is 0 Å². The molecule has 17 heavy (non-hydrogen) atoms.